The van der Waals surface area contributed by atoms with Gasteiger partial charge in [-0.2, -0.15) is 0 Å². The molecule has 1 heterocycles. The maximum absolute atomic E-state index is 13.3. The van der Waals surface area contributed by atoms with Crippen LogP contribution in [-0.4, -0.2) is 16.0 Å². The Morgan fingerprint density at radius 3 is 2.44 bits per heavy atom. The first-order valence-electron chi connectivity index (χ1n) is 9.56. The SMILES string of the molecule is O=C1S/C(=C\c2ccccc2OCc2ccc(F)cc2)C(=O)N1Cc1ccc(F)cc1Cl. The van der Waals surface area contributed by atoms with Gasteiger partial charge >= 0.3 is 0 Å². The third kappa shape index (κ3) is 5.00. The molecule has 2 amide bonds. The van der Waals surface area contributed by atoms with Gasteiger partial charge in [-0.1, -0.05) is 48.0 Å². The van der Waals surface area contributed by atoms with E-state index in [1.807, 2.05) is 0 Å². The largest absolute Gasteiger partial charge is 0.488 e. The number of thioether (sulfide) groups is 1. The second-order valence-corrected chi connectivity index (χ2v) is 8.36. The molecule has 0 spiro atoms. The maximum Gasteiger partial charge on any atom is 0.293 e. The number of nitrogens with zero attached hydrogens (tertiary/aromatic N) is 1. The third-order valence-corrected chi connectivity index (χ3v) is 5.99. The van der Waals surface area contributed by atoms with Crippen molar-refractivity contribution in [1.29, 1.82) is 0 Å². The van der Waals surface area contributed by atoms with Crippen LogP contribution in [0.3, 0.4) is 0 Å². The van der Waals surface area contributed by atoms with Gasteiger partial charge in [0.1, 0.15) is 24.0 Å². The van der Waals surface area contributed by atoms with Gasteiger partial charge in [-0.15, -0.1) is 0 Å². The predicted octanol–water partition coefficient (Wildman–Crippen LogP) is 6.43. The van der Waals surface area contributed by atoms with Gasteiger partial charge in [0.15, 0.2) is 0 Å². The molecule has 1 fully saturated rings. The van der Waals surface area contributed by atoms with Crippen molar-refractivity contribution in [1.82, 2.24) is 4.90 Å². The minimum atomic E-state index is -0.495. The van der Waals surface area contributed by atoms with Crippen LogP contribution < -0.4 is 4.74 Å². The van der Waals surface area contributed by atoms with Crippen LogP contribution in [0.1, 0.15) is 16.7 Å². The monoisotopic (exact) mass is 471 g/mol. The average Bonchev–Trinajstić information content (AvgIpc) is 3.03. The molecular weight excluding hydrogens is 456 g/mol. The number of benzene rings is 3. The Hall–Kier alpha value is -3.16. The van der Waals surface area contributed by atoms with Crippen LogP contribution in [0.5, 0.6) is 5.75 Å². The lowest BCUT2D eigenvalue weighted by Crippen LogP contribution is -2.27. The molecule has 0 aliphatic carbocycles. The molecule has 4 rings (SSSR count). The van der Waals surface area contributed by atoms with Crippen molar-refractivity contribution >= 4 is 40.6 Å². The Morgan fingerprint density at radius 1 is 0.969 bits per heavy atom. The van der Waals surface area contributed by atoms with E-state index in [0.717, 1.165) is 28.3 Å². The molecule has 8 heteroatoms. The number of ether oxygens (including phenoxy) is 1. The Kier molecular flexibility index (Phi) is 6.58. The van der Waals surface area contributed by atoms with Crippen LogP contribution in [0.4, 0.5) is 13.6 Å². The molecule has 3 aromatic carbocycles. The summed E-state index contributed by atoms with van der Waals surface area (Å²) >= 11 is 6.85. The second kappa shape index (κ2) is 9.54. The van der Waals surface area contributed by atoms with Crippen molar-refractivity contribution in [3.63, 3.8) is 0 Å². The van der Waals surface area contributed by atoms with Gasteiger partial charge in [0, 0.05) is 10.6 Å². The van der Waals surface area contributed by atoms with Gasteiger partial charge in [-0.05, 0) is 59.3 Å². The Morgan fingerprint density at radius 2 is 1.69 bits per heavy atom. The van der Waals surface area contributed by atoms with Crippen LogP contribution >= 0.6 is 23.4 Å². The minimum Gasteiger partial charge on any atom is -0.488 e. The maximum atomic E-state index is 13.3. The van der Waals surface area contributed by atoms with E-state index in [4.69, 9.17) is 16.3 Å². The van der Waals surface area contributed by atoms with Crippen molar-refractivity contribution in [3.8, 4) is 5.75 Å². The zero-order valence-electron chi connectivity index (χ0n) is 16.6. The zero-order chi connectivity index (χ0) is 22.7. The van der Waals surface area contributed by atoms with Crippen molar-refractivity contribution in [3.05, 3.63) is 105 Å². The number of carbonyl (C=O) groups is 2. The zero-order valence-corrected chi connectivity index (χ0v) is 18.1. The van der Waals surface area contributed by atoms with Gasteiger partial charge < -0.3 is 4.74 Å². The molecule has 0 radical (unpaired) electrons. The molecule has 0 saturated carbocycles. The smallest absolute Gasteiger partial charge is 0.293 e. The van der Waals surface area contributed by atoms with Crippen molar-refractivity contribution in [2.75, 3.05) is 0 Å². The fraction of sp³-hybridized carbons (Fsp3) is 0.0833. The van der Waals surface area contributed by atoms with Crippen LogP contribution in [0.25, 0.3) is 6.08 Å². The summed E-state index contributed by atoms with van der Waals surface area (Å²) in [5, 5.41) is -0.293. The van der Waals surface area contributed by atoms with Gasteiger partial charge in [-0.3, -0.25) is 14.5 Å². The summed E-state index contributed by atoms with van der Waals surface area (Å²) in [5.74, 6) is -0.768. The molecule has 0 atom stereocenters. The lowest BCUT2D eigenvalue weighted by molar-refractivity contribution is -0.123. The fourth-order valence-electron chi connectivity index (χ4n) is 3.07. The molecule has 1 aliphatic rings. The topological polar surface area (TPSA) is 46.6 Å². The number of para-hydroxylation sites is 1. The molecule has 1 aliphatic heterocycles. The van der Waals surface area contributed by atoms with Gasteiger partial charge in [-0.25, -0.2) is 8.78 Å². The number of amides is 2. The quantitative estimate of drug-likeness (QED) is 0.388. The summed E-state index contributed by atoms with van der Waals surface area (Å²) in [7, 11) is 0. The van der Waals surface area contributed by atoms with E-state index in [-0.39, 0.29) is 28.9 Å². The molecule has 162 valence electrons. The third-order valence-electron chi connectivity index (χ3n) is 4.73. The Bertz CT molecular complexity index is 1210. The summed E-state index contributed by atoms with van der Waals surface area (Å²) in [5.41, 5.74) is 1.89. The average molecular weight is 472 g/mol. The molecule has 4 nitrogen and oxygen atoms in total. The standard InChI is InChI=1S/C24H16ClF2NO3S/c25-20-12-19(27)10-7-17(20)13-28-23(29)22(32-24(28)30)11-16-3-1-2-4-21(16)31-14-15-5-8-18(26)9-6-15/h1-12H,13-14H2/b22-11-. The molecule has 3 aromatic rings. The van der Waals surface area contributed by atoms with Gasteiger partial charge in [0.25, 0.3) is 11.1 Å². The highest BCUT2D eigenvalue weighted by atomic mass is 35.5. The van der Waals surface area contributed by atoms with Gasteiger partial charge in [0.2, 0.25) is 0 Å². The summed E-state index contributed by atoms with van der Waals surface area (Å²) in [6.45, 7) is 0.166. The fourth-order valence-corrected chi connectivity index (χ4v) is 4.13. The van der Waals surface area contributed by atoms with Crippen LogP contribution in [-0.2, 0) is 17.9 Å². The summed E-state index contributed by atoms with van der Waals surface area (Å²) in [4.78, 5) is 26.6. The number of hydrogen-bond acceptors (Lipinski definition) is 4. The molecule has 1 saturated heterocycles. The molecule has 32 heavy (non-hydrogen) atoms. The highest BCUT2D eigenvalue weighted by Crippen LogP contribution is 2.35. The number of carbonyl (C=O) groups excluding carboxylic acids is 2. The van der Waals surface area contributed by atoms with E-state index in [2.05, 4.69) is 0 Å². The predicted molar refractivity (Wildman–Crippen MR) is 120 cm³/mol. The molecule has 0 bridgehead atoms. The van der Waals surface area contributed by atoms with E-state index in [9.17, 15) is 18.4 Å². The molecule has 0 N–H and O–H groups in total. The van der Waals surface area contributed by atoms with Crippen molar-refractivity contribution < 1.29 is 23.1 Å². The van der Waals surface area contributed by atoms with E-state index in [0.29, 0.717) is 16.9 Å². The minimum absolute atomic E-state index is 0.0518. The van der Waals surface area contributed by atoms with Crippen LogP contribution in [0.2, 0.25) is 5.02 Å². The van der Waals surface area contributed by atoms with Crippen molar-refractivity contribution in [2.24, 2.45) is 0 Å². The first-order chi connectivity index (χ1) is 15.4. The van der Waals surface area contributed by atoms with Crippen molar-refractivity contribution in [2.45, 2.75) is 13.2 Å². The van der Waals surface area contributed by atoms with E-state index < -0.39 is 17.0 Å². The van der Waals surface area contributed by atoms with E-state index in [1.54, 1.807) is 42.5 Å². The first-order valence-corrected chi connectivity index (χ1v) is 10.8. The number of imide groups is 1. The lowest BCUT2D eigenvalue weighted by Gasteiger charge is -2.13. The highest BCUT2D eigenvalue weighted by molar-refractivity contribution is 8.18. The number of rotatable bonds is 6. The van der Waals surface area contributed by atoms with E-state index in [1.165, 1.54) is 24.3 Å². The number of hydrogen-bond donors (Lipinski definition) is 0. The van der Waals surface area contributed by atoms with Crippen LogP contribution in [0.15, 0.2) is 71.6 Å². The summed E-state index contributed by atoms with van der Waals surface area (Å²) in [6, 6.07) is 16.9. The normalized spacial score (nSPS) is 15.0. The summed E-state index contributed by atoms with van der Waals surface area (Å²) in [6.07, 6.45) is 1.59. The lowest BCUT2D eigenvalue weighted by atomic mass is 10.1. The number of halogens is 3. The first kappa shape index (κ1) is 22.0. The molecule has 0 aromatic heterocycles. The molecule has 0 unspecified atom stereocenters. The van der Waals surface area contributed by atoms with Crippen LogP contribution in [0, 0.1) is 11.6 Å². The Labute approximate surface area is 192 Å². The molecular formula is C24H16ClF2NO3S. The Balaban J connectivity index is 1.52. The second-order valence-electron chi connectivity index (χ2n) is 6.96. The van der Waals surface area contributed by atoms with Gasteiger partial charge in [0.05, 0.1) is 11.4 Å². The summed E-state index contributed by atoms with van der Waals surface area (Å²) < 4.78 is 32.2. The van der Waals surface area contributed by atoms with E-state index >= 15 is 0 Å². The highest BCUT2D eigenvalue weighted by Gasteiger charge is 2.35.